The van der Waals surface area contributed by atoms with Gasteiger partial charge in [-0.25, -0.2) is 4.39 Å². The zero-order valence-corrected chi connectivity index (χ0v) is 11.9. The SMILES string of the molecule is O=C(CCl)N1C2CCC1CC(Oc1ccc(F)cc1)C2. The van der Waals surface area contributed by atoms with E-state index in [1.165, 1.54) is 12.1 Å². The molecule has 0 radical (unpaired) electrons. The number of nitrogens with zero attached hydrogens (tertiary/aromatic N) is 1. The first-order valence-electron chi connectivity index (χ1n) is 6.96. The minimum absolute atomic E-state index is 0.0272. The van der Waals surface area contributed by atoms with Crippen molar-refractivity contribution in [3.05, 3.63) is 30.1 Å². The van der Waals surface area contributed by atoms with Gasteiger partial charge in [-0.1, -0.05) is 0 Å². The van der Waals surface area contributed by atoms with Crippen molar-refractivity contribution in [3.8, 4) is 5.75 Å². The standard InChI is InChI=1S/C15H17ClFNO2/c16-9-15(19)18-11-3-4-12(18)8-14(7-11)20-13-5-1-10(17)2-6-13/h1-2,5-6,11-12,14H,3-4,7-9H2. The van der Waals surface area contributed by atoms with Crippen LogP contribution in [0.2, 0.25) is 0 Å². The monoisotopic (exact) mass is 297 g/mol. The van der Waals surface area contributed by atoms with E-state index in [-0.39, 0.29) is 35.8 Å². The van der Waals surface area contributed by atoms with Crippen molar-refractivity contribution >= 4 is 17.5 Å². The highest BCUT2D eigenvalue weighted by molar-refractivity contribution is 6.27. The first-order chi connectivity index (χ1) is 9.67. The van der Waals surface area contributed by atoms with Gasteiger partial charge in [0.2, 0.25) is 5.91 Å². The minimum atomic E-state index is -0.264. The molecule has 0 saturated carbocycles. The summed E-state index contributed by atoms with van der Waals surface area (Å²) < 4.78 is 18.8. The van der Waals surface area contributed by atoms with Crippen molar-refractivity contribution in [3.63, 3.8) is 0 Å². The van der Waals surface area contributed by atoms with Gasteiger partial charge >= 0.3 is 0 Å². The third-order valence-corrected chi connectivity index (χ3v) is 4.44. The first kappa shape index (κ1) is 13.7. The van der Waals surface area contributed by atoms with E-state index in [1.807, 2.05) is 4.90 Å². The zero-order chi connectivity index (χ0) is 14.1. The Balaban J connectivity index is 1.65. The highest BCUT2D eigenvalue weighted by atomic mass is 35.5. The molecule has 2 unspecified atom stereocenters. The Morgan fingerprint density at radius 2 is 1.85 bits per heavy atom. The van der Waals surface area contributed by atoms with Crippen LogP contribution in [0, 0.1) is 5.82 Å². The Labute approximate surface area is 122 Å². The van der Waals surface area contributed by atoms with Crippen LogP contribution in [0.4, 0.5) is 4.39 Å². The van der Waals surface area contributed by atoms with E-state index in [0.29, 0.717) is 5.75 Å². The van der Waals surface area contributed by atoms with Gasteiger partial charge in [0.1, 0.15) is 23.6 Å². The number of hydrogen-bond donors (Lipinski definition) is 0. The van der Waals surface area contributed by atoms with Crippen LogP contribution in [0.25, 0.3) is 0 Å². The van der Waals surface area contributed by atoms with E-state index in [4.69, 9.17) is 16.3 Å². The van der Waals surface area contributed by atoms with E-state index in [2.05, 4.69) is 0 Å². The van der Waals surface area contributed by atoms with Gasteiger partial charge in [-0.3, -0.25) is 4.79 Å². The smallest absolute Gasteiger partial charge is 0.237 e. The molecule has 108 valence electrons. The van der Waals surface area contributed by atoms with Gasteiger partial charge < -0.3 is 9.64 Å². The molecule has 0 aromatic heterocycles. The summed E-state index contributed by atoms with van der Waals surface area (Å²) in [4.78, 5) is 13.8. The molecule has 2 atom stereocenters. The molecule has 2 aliphatic heterocycles. The molecule has 1 aromatic rings. The molecule has 2 aliphatic rings. The number of piperidine rings is 1. The fourth-order valence-electron chi connectivity index (χ4n) is 3.41. The summed E-state index contributed by atoms with van der Waals surface area (Å²) in [7, 11) is 0. The molecule has 3 nitrogen and oxygen atoms in total. The first-order valence-corrected chi connectivity index (χ1v) is 7.50. The van der Waals surface area contributed by atoms with Crippen molar-refractivity contribution < 1.29 is 13.9 Å². The normalized spacial score (nSPS) is 28.5. The lowest BCUT2D eigenvalue weighted by Crippen LogP contribution is -2.49. The summed E-state index contributed by atoms with van der Waals surface area (Å²) in [6.45, 7) is 0. The zero-order valence-electron chi connectivity index (χ0n) is 11.1. The van der Waals surface area contributed by atoms with Gasteiger partial charge in [0.15, 0.2) is 0 Å². The van der Waals surface area contributed by atoms with Crippen LogP contribution in [0.5, 0.6) is 5.75 Å². The number of ether oxygens (including phenoxy) is 1. The maximum absolute atomic E-state index is 12.9. The van der Waals surface area contributed by atoms with E-state index < -0.39 is 0 Å². The molecule has 1 aromatic carbocycles. The lowest BCUT2D eigenvalue weighted by atomic mass is 9.99. The predicted molar refractivity (Wildman–Crippen MR) is 74.4 cm³/mol. The molecule has 2 saturated heterocycles. The van der Waals surface area contributed by atoms with Gasteiger partial charge in [0.25, 0.3) is 0 Å². The molecule has 0 aliphatic carbocycles. The van der Waals surface area contributed by atoms with Crippen LogP contribution in [-0.2, 0) is 4.79 Å². The van der Waals surface area contributed by atoms with Gasteiger partial charge in [-0.15, -0.1) is 11.6 Å². The summed E-state index contributed by atoms with van der Waals surface area (Å²) in [5, 5.41) is 0. The third-order valence-electron chi connectivity index (χ3n) is 4.21. The summed E-state index contributed by atoms with van der Waals surface area (Å²) >= 11 is 5.67. The topological polar surface area (TPSA) is 29.5 Å². The number of fused-ring (bicyclic) bond motifs is 2. The molecule has 5 heteroatoms. The molecular formula is C15H17ClFNO2. The van der Waals surface area contributed by atoms with Crippen molar-refractivity contribution in [2.24, 2.45) is 0 Å². The second-order valence-electron chi connectivity index (χ2n) is 5.48. The summed E-state index contributed by atoms with van der Waals surface area (Å²) in [6, 6.07) is 6.57. The molecule has 3 rings (SSSR count). The van der Waals surface area contributed by atoms with E-state index in [0.717, 1.165) is 25.7 Å². The van der Waals surface area contributed by atoms with Crippen LogP contribution in [0.1, 0.15) is 25.7 Å². The Morgan fingerprint density at radius 3 is 2.40 bits per heavy atom. The van der Waals surface area contributed by atoms with Crippen molar-refractivity contribution in [1.82, 2.24) is 4.90 Å². The number of carbonyl (C=O) groups is 1. The Bertz CT molecular complexity index is 479. The summed E-state index contributed by atoms with van der Waals surface area (Å²) in [6.07, 6.45) is 3.80. The lowest BCUT2D eigenvalue weighted by Gasteiger charge is -2.38. The van der Waals surface area contributed by atoms with Gasteiger partial charge in [-0.2, -0.15) is 0 Å². The molecule has 1 amide bonds. The number of rotatable bonds is 3. The number of carbonyl (C=O) groups excluding carboxylic acids is 1. The predicted octanol–water partition coefficient (Wildman–Crippen LogP) is 2.97. The maximum Gasteiger partial charge on any atom is 0.237 e. The molecular weight excluding hydrogens is 281 g/mol. The fourth-order valence-corrected chi connectivity index (χ4v) is 3.54. The summed E-state index contributed by atoms with van der Waals surface area (Å²) in [5.41, 5.74) is 0. The van der Waals surface area contributed by atoms with E-state index in [1.54, 1.807) is 12.1 Å². The largest absolute Gasteiger partial charge is 0.490 e. The van der Waals surface area contributed by atoms with Crippen molar-refractivity contribution in [2.75, 3.05) is 5.88 Å². The highest BCUT2D eigenvalue weighted by Gasteiger charge is 2.43. The number of amides is 1. The maximum atomic E-state index is 12.9. The van der Waals surface area contributed by atoms with Crippen LogP contribution in [0.3, 0.4) is 0 Å². The Kier molecular flexibility index (Phi) is 3.83. The second-order valence-corrected chi connectivity index (χ2v) is 5.75. The summed E-state index contributed by atoms with van der Waals surface area (Å²) in [5.74, 6) is 0.503. The minimum Gasteiger partial charge on any atom is -0.490 e. The number of hydrogen-bond acceptors (Lipinski definition) is 2. The number of alkyl halides is 1. The molecule has 2 heterocycles. The molecule has 0 N–H and O–H groups in total. The number of benzene rings is 1. The quantitative estimate of drug-likeness (QED) is 0.803. The van der Waals surface area contributed by atoms with Gasteiger partial charge in [-0.05, 0) is 37.1 Å². The fraction of sp³-hybridized carbons (Fsp3) is 0.533. The van der Waals surface area contributed by atoms with Crippen LogP contribution in [-0.4, -0.2) is 34.9 Å². The Morgan fingerprint density at radius 1 is 1.25 bits per heavy atom. The van der Waals surface area contributed by atoms with Crippen molar-refractivity contribution in [2.45, 2.75) is 43.9 Å². The molecule has 0 spiro atoms. The van der Waals surface area contributed by atoms with Gasteiger partial charge in [0, 0.05) is 24.9 Å². The molecule has 20 heavy (non-hydrogen) atoms. The molecule has 2 fully saturated rings. The average Bonchev–Trinajstić information content (AvgIpc) is 2.72. The van der Waals surface area contributed by atoms with Crippen molar-refractivity contribution in [1.29, 1.82) is 0 Å². The second kappa shape index (κ2) is 5.60. The number of halogens is 2. The van der Waals surface area contributed by atoms with E-state index in [9.17, 15) is 9.18 Å². The highest BCUT2D eigenvalue weighted by Crippen LogP contribution is 2.37. The lowest BCUT2D eigenvalue weighted by molar-refractivity contribution is -0.134. The van der Waals surface area contributed by atoms with Gasteiger partial charge in [0.05, 0.1) is 0 Å². The van der Waals surface area contributed by atoms with E-state index >= 15 is 0 Å². The van der Waals surface area contributed by atoms with Crippen LogP contribution in [0.15, 0.2) is 24.3 Å². The average molecular weight is 298 g/mol. The third kappa shape index (κ3) is 2.62. The van der Waals surface area contributed by atoms with Crippen LogP contribution >= 0.6 is 11.6 Å². The molecule has 2 bridgehead atoms. The Hall–Kier alpha value is -1.29. The van der Waals surface area contributed by atoms with Crippen LogP contribution < -0.4 is 4.74 Å².